The third kappa shape index (κ3) is 4.16. The van der Waals surface area contributed by atoms with Crippen molar-refractivity contribution in [2.45, 2.75) is 20.3 Å². The maximum absolute atomic E-state index is 13.3. The number of fused-ring (bicyclic) bond motifs is 1. The summed E-state index contributed by atoms with van der Waals surface area (Å²) in [6.45, 7) is 5.04. The average Bonchev–Trinajstić information content (AvgIpc) is 3.22. The van der Waals surface area contributed by atoms with Gasteiger partial charge in [0.1, 0.15) is 22.8 Å². The number of anilines is 1. The third-order valence-corrected chi connectivity index (χ3v) is 5.94. The Hall–Kier alpha value is -2.09. The summed E-state index contributed by atoms with van der Waals surface area (Å²) in [5.74, 6) is 1.83. The van der Waals surface area contributed by atoms with E-state index >= 15 is 0 Å². The number of amides is 1. The maximum Gasteiger partial charge on any atom is 0.263 e. The van der Waals surface area contributed by atoms with E-state index in [1.807, 2.05) is 21.0 Å². The van der Waals surface area contributed by atoms with Gasteiger partial charge in [0.05, 0.1) is 22.4 Å². The highest BCUT2D eigenvalue weighted by molar-refractivity contribution is 7.23. The van der Waals surface area contributed by atoms with Crippen molar-refractivity contribution in [3.8, 4) is 5.75 Å². The van der Waals surface area contributed by atoms with E-state index in [0.29, 0.717) is 45.0 Å². The van der Waals surface area contributed by atoms with Crippen molar-refractivity contribution < 1.29 is 13.9 Å². The molecule has 0 saturated heterocycles. The number of aromatic nitrogens is 1. The molecule has 2 aromatic heterocycles. The molecule has 3 rings (SSSR count). The third-order valence-electron chi connectivity index (χ3n) is 4.40. The summed E-state index contributed by atoms with van der Waals surface area (Å²) in [7, 11) is 5.62. The van der Waals surface area contributed by atoms with Crippen LogP contribution < -0.4 is 9.64 Å². The SMILES string of the molecule is COc1ccc(Cl)c2sc(N(CCCN(C)C)C(=O)c3cc(C)oc3C)nc12. The second kappa shape index (κ2) is 8.51. The van der Waals surface area contributed by atoms with Crippen LogP contribution in [0.1, 0.15) is 28.3 Å². The van der Waals surface area contributed by atoms with E-state index in [2.05, 4.69) is 4.90 Å². The Kier molecular flexibility index (Phi) is 6.27. The molecule has 1 amide bonds. The molecule has 0 radical (unpaired) electrons. The number of methoxy groups -OCH3 is 1. The fraction of sp³-hybridized carbons (Fsp3) is 0.400. The monoisotopic (exact) mass is 421 g/mol. The molecule has 0 spiro atoms. The molecule has 0 atom stereocenters. The number of thiazole rings is 1. The van der Waals surface area contributed by atoms with Gasteiger partial charge in [-0.25, -0.2) is 4.98 Å². The maximum atomic E-state index is 13.3. The van der Waals surface area contributed by atoms with Crippen molar-refractivity contribution in [2.75, 3.05) is 39.2 Å². The topological polar surface area (TPSA) is 58.8 Å². The second-order valence-corrected chi connectivity index (χ2v) is 8.25. The van der Waals surface area contributed by atoms with Crippen LogP contribution in [0.2, 0.25) is 5.02 Å². The average molecular weight is 422 g/mol. The minimum absolute atomic E-state index is 0.123. The lowest BCUT2D eigenvalue weighted by Crippen LogP contribution is -2.33. The van der Waals surface area contributed by atoms with Gasteiger partial charge in [-0.05, 0) is 59.1 Å². The minimum Gasteiger partial charge on any atom is -0.494 e. The standard InChI is InChI=1S/C20H24ClN3O3S/c1-12-11-14(13(2)27-12)19(25)24(10-6-9-23(3)4)20-22-17-16(26-5)8-7-15(21)18(17)28-20/h7-8,11H,6,9-10H2,1-5H3. The second-order valence-electron chi connectivity index (χ2n) is 6.86. The number of furan rings is 1. The molecule has 150 valence electrons. The lowest BCUT2D eigenvalue weighted by atomic mass is 10.2. The molecule has 1 aromatic carbocycles. The van der Waals surface area contributed by atoms with E-state index < -0.39 is 0 Å². The first-order valence-corrected chi connectivity index (χ1v) is 10.2. The van der Waals surface area contributed by atoms with E-state index in [1.165, 1.54) is 11.3 Å². The van der Waals surface area contributed by atoms with Crippen LogP contribution in [0.25, 0.3) is 10.2 Å². The van der Waals surface area contributed by atoms with E-state index in [1.54, 1.807) is 37.1 Å². The van der Waals surface area contributed by atoms with Gasteiger partial charge in [0.2, 0.25) is 0 Å². The van der Waals surface area contributed by atoms with Gasteiger partial charge in [0.15, 0.2) is 5.13 Å². The molecule has 28 heavy (non-hydrogen) atoms. The van der Waals surface area contributed by atoms with Crippen LogP contribution in [0.15, 0.2) is 22.6 Å². The van der Waals surface area contributed by atoms with Crippen LogP contribution in [0.3, 0.4) is 0 Å². The Bertz CT molecular complexity index is 996. The highest BCUT2D eigenvalue weighted by Crippen LogP contribution is 2.39. The summed E-state index contributed by atoms with van der Waals surface area (Å²) < 4.78 is 11.8. The van der Waals surface area contributed by atoms with Gasteiger partial charge in [0, 0.05) is 6.54 Å². The van der Waals surface area contributed by atoms with Crippen molar-refractivity contribution in [3.63, 3.8) is 0 Å². The van der Waals surface area contributed by atoms with Gasteiger partial charge in [0.25, 0.3) is 5.91 Å². The Morgan fingerprint density at radius 1 is 1.29 bits per heavy atom. The quantitative estimate of drug-likeness (QED) is 0.550. The van der Waals surface area contributed by atoms with Gasteiger partial charge < -0.3 is 14.1 Å². The first-order chi connectivity index (χ1) is 13.3. The number of rotatable bonds is 7. The Morgan fingerprint density at radius 2 is 2.04 bits per heavy atom. The number of nitrogens with zero attached hydrogens (tertiary/aromatic N) is 3. The molecular weight excluding hydrogens is 398 g/mol. The zero-order valence-electron chi connectivity index (χ0n) is 16.7. The molecule has 0 aliphatic carbocycles. The van der Waals surface area contributed by atoms with E-state index in [9.17, 15) is 4.79 Å². The van der Waals surface area contributed by atoms with Crippen molar-refractivity contribution in [2.24, 2.45) is 0 Å². The van der Waals surface area contributed by atoms with Gasteiger partial charge in [-0.15, -0.1) is 0 Å². The van der Waals surface area contributed by atoms with Crippen LogP contribution in [-0.4, -0.2) is 50.1 Å². The first kappa shape index (κ1) is 20.6. The number of carbonyl (C=O) groups is 1. The molecular formula is C20H24ClN3O3S. The van der Waals surface area contributed by atoms with Crippen molar-refractivity contribution in [3.05, 3.63) is 40.3 Å². The summed E-state index contributed by atoms with van der Waals surface area (Å²) in [5.41, 5.74) is 1.22. The number of hydrogen-bond acceptors (Lipinski definition) is 6. The predicted octanol–water partition coefficient (Wildman–Crippen LogP) is 4.77. The van der Waals surface area contributed by atoms with E-state index in [0.717, 1.165) is 17.7 Å². The highest BCUT2D eigenvalue weighted by atomic mass is 35.5. The molecule has 0 bridgehead atoms. The summed E-state index contributed by atoms with van der Waals surface area (Å²) in [5, 5.41) is 1.19. The minimum atomic E-state index is -0.123. The van der Waals surface area contributed by atoms with E-state index in [4.69, 9.17) is 25.7 Å². The summed E-state index contributed by atoms with van der Waals surface area (Å²) in [6.07, 6.45) is 0.815. The van der Waals surface area contributed by atoms with Crippen molar-refractivity contribution >= 4 is 44.2 Å². The molecule has 6 nitrogen and oxygen atoms in total. The lowest BCUT2D eigenvalue weighted by molar-refractivity contribution is 0.0984. The lowest BCUT2D eigenvalue weighted by Gasteiger charge is -2.20. The van der Waals surface area contributed by atoms with Gasteiger partial charge in [-0.2, -0.15) is 0 Å². The van der Waals surface area contributed by atoms with Gasteiger partial charge >= 0.3 is 0 Å². The van der Waals surface area contributed by atoms with E-state index in [-0.39, 0.29) is 5.91 Å². The molecule has 0 unspecified atom stereocenters. The largest absolute Gasteiger partial charge is 0.494 e. The van der Waals surface area contributed by atoms with Crippen LogP contribution in [0.5, 0.6) is 5.75 Å². The number of benzene rings is 1. The molecule has 0 aliphatic heterocycles. The summed E-state index contributed by atoms with van der Waals surface area (Å²) in [6, 6.07) is 5.35. The van der Waals surface area contributed by atoms with Crippen LogP contribution in [-0.2, 0) is 0 Å². The molecule has 0 aliphatic rings. The summed E-state index contributed by atoms with van der Waals surface area (Å²) >= 11 is 7.76. The Labute approximate surface area is 173 Å². The molecule has 3 aromatic rings. The van der Waals surface area contributed by atoms with Crippen molar-refractivity contribution in [1.82, 2.24) is 9.88 Å². The first-order valence-electron chi connectivity index (χ1n) is 8.98. The predicted molar refractivity (Wildman–Crippen MR) is 114 cm³/mol. The number of ether oxygens (including phenoxy) is 1. The highest BCUT2D eigenvalue weighted by Gasteiger charge is 2.25. The number of carbonyl (C=O) groups excluding carboxylic acids is 1. The normalized spacial score (nSPS) is 11.4. The van der Waals surface area contributed by atoms with Crippen LogP contribution in [0, 0.1) is 13.8 Å². The number of hydrogen-bond donors (Lipinski definition) is 0. The zero-order chi connectivity index (χ0) is 20.4. The fourth-order valence-electron chi connectivity index (χ4n) is 3.04. The van der Waals surface area contributed by atoms with Crippen LogP contribution >= 0.6 is 22.9 Å². The number of aryl methyl sites for hydroxylation is 2. The summed E-state index contributed by atoms with van der Waals surface area (Å²) in [4.78, 5) is 21.8. The van der Waals surface area contributed by atoms with Gasteiger partial charge in [-0.3, -0.25) is 9.69 Å². The molecule has 2 heterocycles. The molecule has 0 fully saturated rings. The fourth-order valence-corrected chi connectivity index (χ4v) is 4.32. The zero-order valence-corrected chi connectivity index (χ0v) is 18.3. The Morgan fingerprint density at radius 3 is 2.64 bits per heavy atom. The molecule has 8 heteroatoms. The number of halogens is 1. The molecule has 0 saturated carbocycles. The van der Waals surface area contributed by atoms with Crippen LogP contribution in [0.4, 0.5) is 5.13 Å². The van der Waals surface area contributed by atoms with Gasteiger partial charge in [-0.1, -0.05) is 22.9 Å². The molecule has 0 N–H and O–H groups in total. The Balaban J connectivity index is 2.03. The smallest absolute Gasteiger partial charge is 0.263 e. The van der Waals surface area contributed by atoms with Crippen molar-refractivity contribution in [1.29, 1.82) is 0 Å².